The molecule has 90 valence electrons. The maximum Gasteiger partial charge on any atom is 0.237 e. The van der Waals surface area contributed by atoms with Gasteiger partial charge in [-0.3, -0.25) is 4.79 Å². The molecule has 3 nitrogen and oxygen atoms in total. The summed E-state index contributed by atoms with van der Waals surface area (Å²) in [5.41, 5.74) is 5.80. The van der Waals surface area contributed by atoms with Gasteiger partial charge in [0.1, 0.15) is 0 Å². The summed E-state index contributed by atoms with van der Waals surface area (Å²) in [5.74, 6) is 0.946. The topological polar surface area (TPSA) is 55.1 Å². The average molecular weight is 214 g/mol. The third-order valence-corrected chi connectivity index (χ3v) is 2.93. The summed E-state index contributed by atoms with van der Waals surface area (Å²) in [5, 5.41) is 2.97. The second kappa shape index (κ2) is 6.83. The first kappa shape index (κ1) is 14.4. The fourth-order valence-corrected chi connectivity index (χ4v) is 1.44. The average Bonchev–Trinajstić information content (AvgIpc) is 2.15. The van der Waals surface area contributed by atoms with E-state index in [1.807, 2.05) is 6.92 Å². The molecule has 0 rings (SSSR count). The lowest BCUT2D eigenvalue weighted by Gasteiger charge is -2.22. The van der Waals surface area contributed by atoms with Crippen LogP contribution in [0.15, 0.2) is 0 Å². The summed E-state index contributed by atoms with van der Waals surface area (Å²) in [6.07, 6.45) is 1.82. The molecule has 0 aromatic carbocycles. The molecule has 0 aliphatic rings. The first-order valence-corrected chi connectivity index (χ1v) is 5.94. The Morgan fingerprint density at radius 1 is 1.27 bits per heavy atom. The van der Waals surface area contributed by atoms with Gasteiger partial charge in [0.25, 0.3) is 0 Å². The van der Waals surface area contributed by atoms with Gasteiger partial charge in [-0.2, -0.15) is 0 Å². The van der Waals surface area contributed by atoms with Gasteiger partial charge in [0, 0.05) is 6.04 Å². The minimum Gasteiger partial charge on any atom is -0.352 e. The van der Waals surface area contributed by atoms with Crippen molar-refractivity contribution in [2.24, 2.45) is 17.6 Å². The van der Waals surface area contributed by atoms with E-state index < -0.39 is 0 Å². The highest BCUT2D eigenvalue weighted by atomic mass is 16.2. The van der Waals surface area contributed by atoms with Crippen LogP contribution in [0.5, 0.6) is 0 Å². The van der Waals surface area contributed by atoms with Crippen molar-refractivity contribution < 1.29 is 4.79 Å². The molecule has 0 saturated heterocycles. The van der Waals surface area contributed by atoms with Gasteiger partial charge >= 0.3 is 0 Å². The van der Waals surface area contributed by atoms with Crippen molar-refractivity contribution in [3.63, 3.8) is 0 Å². The number of hydrogen-bond donors (Lipinski definition) is 2. The molecule has 0 radical (unpaired) electrons. The zero-order valence-corrected chi connectivity index (χ0v) is 10.7. The van der Waals surface area contributed by atoms with Gasteiger partial charge < -0.3 is 11.1 Å². The molecule has 3 atom stereocenters. The molecule has 15 heavy (non-hydrogen) atoms. The van der Waals surface area contributed by atoms with Crippen molar-refractivity contribution in [1.29, 1.82) is 0 Å². The van der Waals surface area contributed by atoms with Crippen LogP contribution in [0.2, 0.25) is 0 Å². The number of amides is 1. The Balaban J connectivity index is 4.01. The van der Waals surface area contributed by atoms with E-state index in [4.69, 9.17) is 5.73 Å². The second-order valence-electron chi connectivity index (χ2n) is 4.92. The number of rotatable bonds is 6. The molecule has 0 aliphatic heterocycles. The van der Waals surface area contributed by atoms with Crippen molar-refractivity contribution in [3.8, 4) is 0 Å². The maximum atomic E-state index is 11.7. The number of nitrogens with two attached hydrogens (primary N) is 1. The van der Waals surface area contributed by atoms with Crippen molar-refractivity contribution >= 4 is 5.91 Å². The Labute approximate surface area is 93.8 Å². The number of hydrogen-bond acceptors (Lipinski definition) is 2. The first-order valence-electron chi connectivity index (χ1n) is 5.94. The minimum atomic E-state index is -0.364. The van der Waals surface area contributed by atoms with E-state index >= 15 is 0 Å². The lowest BCUT2D eigenvalue weighted by Crippen LogP contribution is -2.46. The molecular weight excluding hydrogens is 188 g/mol. The fourth-order valence-electron chi connectivity index (χ4n) is 1.44. The van der Waals surface area contributed by atoms with Crippen LogP contribution < -0.4 is 11.1 Å². The smallest absolute Gasteiger partial charge is 0.237 e. The molecule has 0 fully saturated rings. The van der Waals surface area contributed by atoms with Gasteiger partial charge in [-0.25, -0.2) is 0 Å². The zero-order valence-electron chi connectivity index (χ0n) is 10.7. The van der Waals surface area contributed by atoms with Crippen molar-refractivity contribution in [1.82, 2.24) is 5.32 Å². The molecule has 3 N–H and O–H groups in total. The van der Waals surface area contributed by atoms with Crippen molar-refractivity contribution in [3.05, 3.63) is 0 Å². The SMILES string of the molecule is CCC(C)C(C)NC(=O)C(N)CC(C)C. The Bertz CT molecular complexity index is 192. The van der Waals surface area contributed by atoms with E-state index in [9.17, 15) is 4.79 Å². The van der Waals surface area contributed by atoms with Crippen molar-refractivity contribution in [2.75, 3.05) is 0 Å². The highest BCUT2D eigenvalue weighted by molar-refractivity contribution is 5.81. The molecule has 3 heteroatoms. The van der Waals surface area contributed by atoms with E-state index in [-0.39, 0.29) is 18.0 Å². The largest absolute Gasteiger partial charge is 0.352 e. The predicted octanol–water partition coefficient (Wildman–Crippen LogP) is 1.91. The molecule has 3 unspecified atom stereocenters. The van der Waals surface area contributed by atoms with Crippen LogP contribution in [0.4, 0.5) is 0 Å². The van der Waals surface area contributed by atoms with Crippen LogP contribution in [-0.2, 0) is 4.79 Å². The quantitative estimate of drug-likeness (QED) is 0.709. The van der Waals surface area contributed by atoms with Gasteiger partial charge in [-0.1, -0.05) is 34.1 Å². The maximum absolute atomic E-state index is 11.7. The molecular formula is C12H26N2O. The van der Waals surface area contributed by atoms with E-state index in [1.165, 1.54) is 0 Å². The Kier molecular flexibility index (Phi) is 6.57. The zero-order chi connectivity index (χ0) is 12.0. The third kappa shape index (κ3) is 5.78. The third-order valence-electron chi connectivity index (χ3n) is 2.93. The highest BCUT2D eigenvalue weighted by Crippen LogP contribution is 2.08. The summed E-state index contributed by atoms with van der Waals surface area (Å²) >= 11 is 0. The van der Waals surface area contributed by atoms with Gasteiger partial charge in [0.15, 0.2) is 0 Å². The lowest BCUT2D eigenvalue weighted by molar-refractivity contribution is -0.123. The number of nitrogens with one attached hydrogen (secondary N) is 1. The molecule has 1 amide bonds. The summed E-state index contributed by atoms with van der Waals surface area (Å²) in [4.78, 5) is 11.7. The van der Waals surface area contributed by atoms with Crippen LogP contribution in [0.25, 0.3) is 0 Å². The first-order chi connectivity index (χ1) is 6.88. The van der Waals surface area contributed by atoms with Crippen LogP contribution in [0.1, 0.15) is 47.5 Å². The standard InChI is InChI=1S/C12H26N2O/c1-6-9(4)10(5)14-12(15)11(13)7-8(2)3/h8-11H,6-7,13H2,1-5H3,(H,14,15). The summed E-state index contributed by atoms with van der Waals surface area (Å²) in [6.45, 7) is 10.4. The monoisotopic (exact) mass is 214 g/mol. The van der Waals surface area contributed by atoms with E-state index in [2.05, 4.69) is 33.0 Å². The normalized spacial score (nSPS) is 17.3. The Morgan fingerprint density at radius 2 is 1.80 bits per heavy atom. The van der Waals surface area contributed by atoms with Crippen LogP contribution in [-0.4, -0.2) is 18.0 Å². The fraction of sp³-hybridized carbons (Fsp3) is 0.917. The Hall–Kier alpha value is -0.570. The van der Waals surface area contributed by atoms with Gasteiger partial charge in [0.05, 0.1) is 6.04 Å². The number of carbonyl (C=O) groups is 1. The molecule has 0 bridgehead atoms. The summed E-state index contributed by atoms with van der Waals surface area (Å²) in [6, 6.07) is -0.155. The summed E-state index contributed by atoms with van der Waals surface area (Å²) < 4.78 is 0. The molecule has 0 aromatic rings. The van der Waals surface area contributed by atoms with E-state index in [0.717, 1.165) is 12.8 Å². The molecule has 0 heterocycles. The predicted molar refractivity (Wildman–Crippen MR) is 64.5 cm³/mol. The van der Waals surface area contributed by atoms with Crippen LogP contribution in [0.3, 0.4) is 0 Å². The summed E-state index contributed by atoms with van der Waals surface area (Å²) in [7, 11) is 0. The van der Waals surface area contributed by atoms with Gasteiger partial charge in [0.2, 0.25) is 5.91 Å². The molecule has 0 aliphatic carbocycles. The second-order valence-corrected chi connectivity index (χ2v) is 4.92. The number of carbonyl (C=O) groups excluding carboxylic acids is 1. The molecule has 0 saturated carbocycles. The molecule has 0 spiro atoms. The van der Waals surface area contributed by atoms with Crippen LogP contribution in [0, 0.1) is 11.8 Å². The lowest BCUT2D eigenvalue weighted by atomic mass is 9.99. The van der Waals surface area contributed by atoms with E-state index in [1.54, 1.807) is 0 Å². The minimum absolute atomic E-state index is 0.0171. The highest BCUT2D eigenvalue weighted by Gasteiger charge is 2.18. The van der Waals surface area contributed by atoms with Gasteiger partial charge in [-0.05, 0) is 25.2 Å². The van der Waals surface area contributed by atoms with Crippen molar-refractivity contribution in [2.45, 2.75) is 59.5 Å². The Morgan fingerprint density at radius 3 is 2.20 bits per heavy atom. The van der Waals surface area contributed by atoms with E-state index in [0.29, 0.717) is 11.8 Å². The molecule has 0 aromatic heterocycles. The van der Waals surface area contributed by atoms with Crippen LogP contribution >= 0.6 is 0 Å². The van der Waals surface area contributed by atoms with Gasteiger partial charge in [-0.15, -0.1) is 0 Å².